The van der Waals surface area contributed by atoms with Gasteiger partial charge < -0.3 is 19.5 Å². The lowest BCUT2D eigenvalue weighted by atomic mass is 9.85. The van der Waals surface area contributed by atoms with Gasteiger partial charge in [0.2, 0.25) is 0 Å². The molecule has 0 aliphatic carbocycles. The summed E-state index contributed by atoms with van der Waals surface area (Å²) in [7, 11) is -1.71. The van der Waals surface area contributed by atoms with Gasteiger partial charge in [-0.25, -0.2) is 4.79 Å². The van der Waals surface area contributed by atoms with Crippen molar-refractivity contribution < 1.29 is 33.1 Å². The molecular weight excluding hydrogens is 447 g/mol. The van der Waals surface area contributed by atoms with E-state index in [1.807, 2.05) is 0 Å². The van der Waals surface area contributed by atoms with Crippen molar-refractivity contribution in [2.45, 2.75) is 45.4 Å². The van der Waals surface area contributed by atoms with Gasteiger partial charge in [0, 0.05) is 18.0 Å². The molecule has 34 heavy (non-hydrogen) atoms. The second-order valence-corrected chi connectivity index (χ2v) is 8.61. The average Bonchev–Trinajstić information content (AvgIpc) is 3.25. The van der Waals surface area contributed by atoms with Crippen LogP contribution in [-0.2, 0) is 9.47 Å². The molecule has 0 radical (unpaired) electrons. The highest BCUT2D eigenvalue weighted by molar-refractivity contribution is 6.57. The molecule has 2 N–H and O–H groups in total. The monoisotopic (exact) mass is 473 g/mol. The van der Waals surface area contributed by atoms with Crippen molar-refractivity contribution in [2.24, 2.45) is 0 Å². The van der Waals surface area contributed by atoms with E-state index in [0.717, 1.165) is 11.1 Å². The van der Waals surface area contributed by atoms with Gasteiger partial charge in [-0.3, -0.25) is 9.67 Å². The van der Waals surface area contributed by atoms with E-state index in [2.05, 4.69) is 14.8 Å². The molecule has 3 aromatic rings. The normalized spacial score (nSPS) is 12.6. The van der Waals surface area contributed by atoms with Crippen molar-refractivity contribution in [3.05, 3.63) is 66.1 Å². The molecule has 0 bridgehead atoms. The summed E-state index contributed by atoms with van der Waals surface area (Å²) >= 11 is 0. The first kappa shape index (κ1) is 25.5. The molecule has 1 atom stereocenters. The summed E-state index contributed by atoms with van der Waals surface area (Å²) in [6, 6.07) is 9.47. The zero-order valence-corrected chi connectivity index (χ0v) is 19.1. The number of alkyl halides is 2. The van der Waals surface area contributed by atoms with Gasteiger partial charge in [0.05, 0.1) is 30.0 Å². The molecule has 11 heteroatoms. The number of aromatic nitrogens is 3. The van der Waals surface area contributed by atoms with E-state index in [0.29, 0.717) is 11.1 Å². The Kier molecular flexibility index (Phi) is 8.13. The first-order chi connectivity index (χ1) is 16.0. The van der Waals surface area contributed by atoms with Crippen molar-refractivity contribution in [3.8, 4) is 11.1 Å². The van der Waals surface area contributed by atoms with Gasteiger partial charge in [-0.2, -0.15) is 13.9 Å². The van der Waals surface area contributed by atoms with Gasteiger partial charge in [0.15, 0.2) is 0 Å². The Bertz CT molecular complexity index is 1080. The van der Waals surface area contributed by atoms with E-state index in [4.69, 9.17) is 4.74 Å². The largest absolute Gasteiger partial charge is 0.508 e. The molecule has 2 aromatic heterocycles. The highest BCUT2D eigenvalue weighted by Gasteiger charge is 2.20. The number of carbonyl (C=O) groups is 1. The van der Waals surface area contributed by atoms with Crippen molar-refractivity contribution in [1.29, 1.82) is 0 Å². The van der Waals surface area contributed by atoms with Crippen molar-refractivity contribution in [1.82, 2.24) is 14.8 Å². The zero-order valence-electron chi connectivity index (χ0n) is 19.1. The zero-order chi connectivity index (χ0) is 24.9. The molecule has 3 rings (SSSR count). The van der Waals surface area contributed by atoms with Crippen LogP contribution in [0.15, 0.2) is 55.0 Å². The number of nitrogens with zero attached hydrogens (tertiary/aromatic N) is 3. The van der Waals surface area contributed by atoms with Crippen LogP contribution in [0.1, 0.15) is 49.2 Å². The highest BCUT2D eigenvalue weighted by atomic mass is 19.3. The van der Waals surface area contributed by atoms with Gasteiger partial charge in [0.25, 0.3) is 0 Å². The first-order valence-corrected chi connectivity index (χ1v) is 10.6. The molecular formula is C23H26BF2N3O5. The third-order valence-electron chi connectivity index (χ3n) is 4.87. The lowest BCUT2D eigenvalue weighted by Gasteiger charge is -2.19. The Morgan fingerprint density at radius 3 is 2.35 bits per heavy atom. The Morgan fingerprint density at radius 1 is 1.09 bits per heavy atom. The second kappa shape index (κ2) is 10.9. The molecule has 0 spiro atoms. The van der Waals surface area contributed by atoms with Crippen LogP contribution in [0.4, 0.5) is 8.78 Å². The van der Waals surface area contributed by atoms with Crippen molar-refractivity contribution in [2.75, 3.05) is 6.61 Å². The smallest absolute Gasteiger partial charge is 0.456 e. The van der Waals surface area contributed by atoms with E-state index in [1.165, 1.54) is 12.3 Å². The number of rotatable bonds is 9. The summed E-state index contributed by atoms with van der Waals surface area (Å²) in [5, 5.41) is 22.9. The number of hydrogen-bond donors (Lipinski definition) is 2. The van der Waals surface area contributed by atoms with E-state index in [1.54, 1.807) is 68.2 Å². The topological polar surface area (TPSA) is 107 Å². The summed E-state index contributed by atoms with van der Waals surface area (Å²) < 4.78 is 36.4. The highest BCUT2D eigenvalue weighted by Crippen LogP contribution is 2.26. The minimum Gasteiger partial charge on any atom is -0.456 e. The van der Waals surface area contributed by atoms with Crippen LogP contribution < -0.4 is 5.59 Å². The van der Waals surface area contributed by atoms with Gasteiger partial charge in [-0.15, -0.1) is 0 Å². The molecule has 0 saturated carbocycles. The Labute approximate surface area is 196 Å². The molecule has 2 heterocycles. The Morgan fingerprint density at radius 2 is 1.79 bits per heavy atom. The Balaban J connectivity index is 1.82. The minimum absolute atomic E-state index is 0.0672. The van der Waals surface area contributed by atoms with Crippen molar-refractivity contribution in [3.63, 3.8) is 0 Å². The fraction of sp³-hybridized carbons (Fsp3) is 0.348. The van der Waals surface area contributed by atoms with Crippen LogP contribution in [0.5, 0.6) is 0 Å². The quantitative estimate of drug-likeness (QED) is 0.364. The number of ether oxygens (including phenoxy) is 2. The number of carbonyl (C=O) groups excluding carboxylic acids is 1. The van der Waals surface area contributed by atoms with Gasteiger partial charge >= 0.3 is 19.7 Å². The van der Waals surface area contributed by atoms with Gasteiger partial charge in [-0.05, 0) is 56.5 Å². The summed E-state index contributed by atoms with van der Waals surface area (Å²) in [5.41, 5.74) is 2.09. The Hall–Kier alpha value is -3.15. The van der Waals surface area contributed by atoms with Crippen LogP contribution in [0.25, 0.3) is 11.1 Å². The molecule has 0 aliphatic rings. The number of hydrogen-bond acceptors (Lipinski definition) is 7. The summed E-state index contributed by atoms with van der Waals surface area (Å²) in [6.07, 6.45) is 5.01. The second-order valence-electron chi connectivity index (χ2n) is 8.61. The maximum Gasteiger partial charge on any atom is 0.508 e. The number of halogens is 2. The molecule has 180 valence electrons. The molecule has 0 aliphatic heterocycles. The fourth-order valence-corrected chi connectivity index (χ4v) is 3.28. The van der Waals surface area contributed by atoms with E-state index in [9.17, 15) is 23.6 Å². The average molecular weight is 473 g/mol. The van der Waals surface area contributed by atoms with Crippen molar-refractivity contribution >= 4 is 18.7 Å². The lowest BCUT2D eigenvalue weighted by molar-refractivity contribution is -0.130. The molecule has 0 amide bonds. The van der Waals surface area contributed by atoms with Crippen LogP contribution in [0.3, 0.4) is 0 Å². The molecule has 1 aromatic carbocycles. The molecule has 0 fully saturated rings. The minimum atomic E-state index is -2.89. The predicted octanol–water partition coefficient (Wildman–Crippen LogP) is 2.80. The number of esters is 1. The third-order valence-corrected chi connectivity index (χ3v) is 4.87. The number of pyridine rings is 1. The predicted molar refractivity (Wildman–Crippen MR) is 122 cm³/mol. The molecule has 1 unspecified atom stereocenters. The summed E-state index contributed by atoms with van der Waals surface area (Å²) in [4.78, 5) is 16.2. The fourth-order valence-electron chi connectivity index (χ4n) is 3.28. The molecule has 0 saturated heterocycles. The van der Waals surface area contributed by atoms with E-state index >= 15 is 0 Å². The number of benzene rings is 1. The van der Waals surface area contributed by atoms with Crippen LogP contribution in [-0.4, -0.2) is 56.7 Å². The van der Waals surface area contributed by atoms with Crippen LogP contribution in [0.2, 0.25) is 0 Å². The lowest BCUT2D eigenvalue weighted by Crippen LogP contribution is -2.32. The maximum absolute atomic E-state index is 12.5. The summed E-state index contributed by atoms with van der Waals surface area (Å²) in [6.45, 7) is 2.29. The SMILES string of the molecule is CC(C)(C)OC(=O)c1ccc(-c2cnn(C(CCOC(F)F)c3ccc(B(O)O)nc3)c2)cc1. The van der Waals surface area contributed by atoms with Crippen LogP contribution in [0, 0.1) is 0 Å². The van der Waals surface area contributed by atoms with E-state index in [-0.39, 0.29) is 18.6 Å². The first-order valence-electron chi connectivity index (χ1n) is 10.6. The molecule has 8 nitrogen and oxygen atoms in total. The van der Waals surface area contributed by atoms with Gasteiger partial charge in [0.1, 0.15) is 5.60 Å². The van der Waals surface area contributed by atoms with E-state index < -0.39 is 31.3 Å². The maximum atomic E-state index is 12.5. The summed E-state index contributed by atoms with van der Waals surface area (Å²) in [5.74, 6) is -0.419. The van der Waals surface area contributed by atoms with Gasteiger partial charge in [-0.1, -0.05) is 18.2 Å². The standard InChI is InChI=1S/C23H26BF2N3O5/c1-23(2,3)34-21(30)16-6-4-15(5-7-16)18-13-28-29(14-18)19(10-11-33-22(25)26)17-8-9-20(24(31)32)27-12-17/h4-9,12-14,19,22,31-32H,10-11H2,1-3H3. The third kappa shape index (κ3) is 6.93. The van der Waals surface area contributed by atoms with Crippen LogP contribution >= 0.6 is 0 Å².